The average Bonchev–Trinajstić information content (AvgIpc) is 2.02. The molecule has 0 aromatic rings. The normalized spacial score (nSPS) is 60.6. The highest BCUT2D eigenvalue weighted by molar-refractivity contribution is 5.42. The molecule has 2 unspecified atom stereocenters. The first kappa shape index (κ1) is 2.91. The molecule has 36 valence electrons. The summed E-state index contributed by atoms with van der Waals surface area (Å²) in [6, 6.07) is 0. The molecule has 0 nitrogen and oxygen atoms in total. The highest BCUT2D eigenvalue weighted by Gasteiger charge is 2.60. The molecule has 0 bridgehead atoms. The van der Waals surface area contributed by atoms with Crippen LogP contribution in [0.3, 0.4) is 0 Å². The van der Waals surface area contributed by atoms with E-state index in [1.807, 2.05) is 5.57 Å². The fourth-order valence-corrected chi connectivity index (χ4v) is 2.34. The zero-order valence-electron chi connectivity index (χ0n) is 4.22. The number of allylic oxidation sites excluding steroid dienone is 2. The maximum atomic E-state index is 2.46. The second-order valence-corrected chi connectivity index (χ2v) is 3.07. The van der Waals surface area contributed by atoms with E-state index >= 15 is 0 Å². The van der Waals surface area contributed by atoms with E-state index in [-0.39, 0.29) is 0 Å². The minimum Gasteiger partial charge on any atom is -0.0844 e. The van der Waals surface area contributed by atoms with Gasteiger partial charge in [-0.2, -0.15) is 0 Å². The van der Waals surface area contributed by atoms with Gasteiger partial charge in [-0.05, 0) is 30.6 Å². The summed E-state index contributed by atoms with van der Waals surface area (Å²) in [5.74, 6) is 3.40. The molecule has 0 heteroatoms. The molecular formula is C7H8. The van der Waals surface area contributed by atoms with Crippen LogP contribution in [0.15, 0.2) is 11.6 Å². The molecule has 0 aromatic carbocycles. The van der Waals surface area contributed by atoms with Crippen molar-refractivity contribution in [3.63, 3.8) is 0 Å². The molecule has 0 saturated heterocycles. The van der Waals surface area contributed by atoms with Crippen molar-refractivity contribution in [2.24, 2.45) is 17.8 Å². The predicted molar refractivity (Wildman–Crippen MR) is 27.8 cm³/mol. The third kappa shape index (κ3) is 0.155. The molecule has 3 rings (SSSR count). The Labute approximate surface area is 43.2 Å². The van der Waals surface area contributed by atoms with Gasteiger partial charge in [0.1, 0.15) is 0 Å². The molecule has 0 N–H and O–H groups in total. The van der Waals surface area contributed by atoms with Crippen LogP contribution in [0.2, 0.25) is 0 Å². The van der Waals surface area contributed by atoms with Crippen LogP contribution in [0.4, 0.5) is 0 Å². The Balaban J connectivity index is 2.25. The second-order valence-electron chi connectivity index (χ2n) is 3.07. The molecule has 0 aromatic heterocycles. The molecule has 2 saturated carbocycles. The summed E-state index contributed by atoms with van der Waals surface area (Å²) in [4.78, 5) is 0. The van der Waals surface area contributed by atoms with Crippen molar-refractivity contribution >= 4 is 0 Å². The Morgan fingerprint density at radius 2 is 2.57 bits per heavy atom. The van der Waals surface area contributed by atoms with Gasteiger partial charge < -0.3 is 0 Å². The molecule has 0 heterocycles. The van der Waals surface area contributed by atoms with Crippen LogP contribution in [-0.4, -0.2) is 0 Å². The number of hydrogen-bond acceptors (Lipinski definition) is 0. The first-order chi connectivity index (χ1) is 3.47. The van der Waals surface area contributed by atoms with Crippen LogP contribution in [0.5, 0.6) is 0 Å². The highest BCUT2D eigenvalue weighted by Crippen LogP contribution is 2.69. The zero-order valence-corrected chi connectivity index (χ0v) is 4.22. The van der Waals surface area contributed by atoms with Gasteiger partial charge in [0, 0.05) is 0 Å². The third-order valence-corrected chi connectivity index (χ3v) is 2.86. The number of fused-ring (bicyclic) bond motifs is 1. The second kappa shape index (κ2) is 0.594. The fraction of sp³-hybridized carbons (Fsp3) is 0.714. The van der Waals surface area contributed by atoms with E-state index in [4.69, 9.17) is 0 Å². The van der Waals surface area contributed by atoms with Crippen LogP contribution in [-0.2, 0) is 0 Å². The monoisotopic (exact) mass is 92.1 g/mol. The summed E-state index contributed by atoms with van der Waals surface area (Å²) in [5, 5.41) is 0. The van der Waals surface area contributed by atoms with Crippen molar-refractivity contribution in [1.29, 1.82) is 0 Å². The van der Waals surface area contributed by atoms with Gasteiger partial charge in [-0.3, -0.25) is 0 Å². The van der Waals surface area contributed by atoms with Gasteiger partial charge >= 0.3 is 0 Å². The molecule has 3 aliphatic carbocycles. The van der Waals surface area contributed by atoms with Crippen molar-refractivity contribution < 1.29 is 0 Å². The van der Waals surface area contributed by atoms with E-state index < -0.39 is 0 Å². The van der Waals surface area contributed by atoms with E-state index in [1.165, 1.54) is 6.42 Å². The van der Waals surface area contributed by atoms with E-state index in [9.17, 15) is 0 Å². The minimum atomic E-state index is 1.12. The molecule has 3 atom stereocenters. The molecule has 0 amide bonds. The lowest BCUT2D eigenvalue weighted by Crippen LogP contribution is -2.13. The lowest BCUT2D eigenvalue weighted by Gasteiger charge is -2.21. The summed E-state index contributed by atoms with van der Waals surface area (Å²) in [5.41, 5.74) is 1.82. The van der Waals surface area contributed by atoms with Gasteiger partial charge in [0.05, 0.1) is 0 Å². The minimum absolute atomic E-state index is 1.12. The van der Waals surface area contributed by atoms with Crippen LogP contribution in [0, 0.1) is 17.8 Å². The van der Waals surface area contributed by atoms with Crippen LogP contribution in [0.25, 0.3) is 0 Å². The largest absolute Gasteiger partial charge is 0.0844 e. The molecular weight excluding hydrogens is 84.1 g/mol. The standard InChI is InChI=1S/C7H8/c1-2-5-6-3-4(1)7(5)6/h2,4,6-7H,1,3H2/t4-,6?,7?/m1/s1. The van der Waals surface area contributed by atoms with Crippen LogP contribution < -0.4 is 0 Å². The van der Waals surface area contributed by atoms with E-state index in [0.29, 0.717) is 0 Å². The lowest BCUT2D eigenvalue weighted by atomic mass is 9.83. The number of hydrogen-bond donors (Lipinski definition) is 0. The Kier molecular flexibility index (Phi) is 0.247. The highest BCUT2D eigenvalue weighted by atomic mass is 14.6. The SMILES string of the molecule is C1=C2C3C[C@@H](C1)C23. The Morgan fingerprint density at radius 3 is 2.71 bits per heavy atom. The van der Waals surface area contributed by atoms with Crippen LogP contribution in [0.1, 0.15) is 12.8 Å². The smallest absolute Gasteiger partial charge is 0.0103 e. The predicted octanol–water partition coefficient (Wildman–Crippen LogP) is 1.58. The van der Waals surface area contributed by atoms with Crippen molar-refractivity contribution in [3.8, 4) is 0 Å². The summed E-state index contributed by atoms with van der Waals surface area (Å²) in [7, 11) is 0. The molecule has 0 radical (unpaired) electrons. The van der Waals surface area contributed by atoms with Gasteiger partial charge in [-0.1, -0.05) is 11.6 Å². The topological polar surface area (TPSA) is 0 Å². The fourth-order valence-electron chi connectivity index (χ4n) is 2.34. The van der Waals surface area contributed by atoms with E-state index in [1.54, 1.807) is 6.42 Å². The summed E-state index contributed by atoms with van der Waals surface area (Å²) < 4.78 is 0. The maximum absolute atomic E-state index is 2.46. The van der Waals surface area contributed by atoms with Gasteiger partial charge in [0.2, 0.25) is 0 Å². The van der Waals surface area contributed by atoms with Crippen molar-refractivity contribution in [3.05, 3.63) is 11.6 Å². The van der Waals surface area contributed by atoms with Gasteiger partial charge in [0.25, 0.3) is 0 Å². The van der Waals surface area contributed by atoms with E-state index in [2.05, 4.69) is 6.08 Å². The lowest BCUT2D eigenvalue weighted by molar-refractivity contribution is 0.294. The molecule has 3 aliphatic rings. The van der Waals surface area contributed by atoms with Crippen molar-refractivity contribution in [2.45, 2.75) is 12.8 Å². The summed E-state index contributed by atoms with van der Waals surface area (Å²) >= 11 is 0. The molecule has 7 heavy (non-hydrogen) atoms. The van der Waals surface area contributed by atoms with Gasteiger partial charge in [-0.15, -0.1) is 0 Å². The van der Waals surface area contributed by atoms with E-state index in [0.717, 1.165) is 17.8 Å². The van der Waals surface area contributed by atoms with Gasteiger partial charge in [0.15, 0.2) is 0 Å². The first-order valence-electron chi connectivity index (χ1n) is 3.17. The van der Waals surface area contributed by atoms with Crippen molar-refractivity contribution in [1.82, 2.24) is 0 Å². The third-order valence-electron chi connectivity index (χ3n) is 2.86. The molecule has 0 spiro atoms. The maximum Gasteiger partial charge on any atom is -0.0103 e. The average molecular weight is 92.1 g/mol. The molecule has 2 fully saturated rings. The molecule has 0 aliphatic heterocycles. The van der Waals surface area contributed by atoms with Gasteiger partial charge in [-0.25, -0.2) is 0 Å². The Bertz CT molecular complexity index is 155. The van der Waals surface area contributed by atoms with Crippen molar-refractivity contribution in [2.75, 3.05) is 0 Å². The Hall–Kier alpha value is -0.260. The van der Waals surface area contributed by atoms with Crippen LogP contribution >= 0.6 is 0 Å². The quantitative estimate of drug-likeness (QED) is 0.398. The summed E-state index contributed by atoms with van der Waals surface area (Å²) in [6.07, 6.45) is 5.44. The zero-order chi connectivity index (χ0) is 4.43. The number of rotatable bonds is 0. The Morgan fingerprint density at radius 1 is 1.57 bits per heavy atom. The first-order valence-corrected chi connectivity index (χ1v) is 3.17. The summed E-state index contributed by atoms with van der Waals surface area (Å²) in [6.45, 7) is 0.